The minimum Gasteiger partial charge on any atom is -0.481 e. The summed E-state index contributed by atoms with van der Waals surface area (Å²) in [4.78, 5) is 15.0. The van der Waals surface area contributed by atoms with E-state index in [2.05, 4.69) is 20.9 Å². The van der Waals surface area contributed by atoms with Gasteiger partial charge in [0.15, 0.2) is 5.96 Å². The summed E-state index contributed by atoms with van der Waals surface area (Å²) in [5.74, 6) is -0.422. The van der Waals surface area contributed by atoms with Gasteiger partial charge in [0, 0.05) is 6.54 Å². The van der Waals surface area contributed by atoms with Crippen molar-refractivity contribution in [1.82, 2.24) is 16.0 Å². The zero-order valence-corrected chi connectivity index (χ0v) is 9.52. The summed E-state index contributed by atoms with van der Waals surface area (Å²) in [5.41, 5.74) is 0. The minimum atomic E-state index is -0.743. The predicted molar refractivity (Wildman–Crippen MR) is 61.6 cm³/mol. The number of carbonyl (C=O) groups is 1. The van der Waals surface area contributed by atoms with Gasteiger partial charge >= 0.3 is 5.97 Å². The second kappa shape index (κ2) is 5.33. The third kappa shape index (κ3) is 3.31. The molecule has 1 saturated heterocycles. The van der Waals surface area contributed by atoms with Crippen LogP contribution in [0.2, 0.25) is 0 Å². The van der Waals surface area contributed by atoms with Crippen molar-refractivity contribution in [3.05, 3.63) is 0 Å². The maximum absolute atomic E-state index is 10.9. The number of aliphatic carboxylic acids is 1. The van der Waals surface area contributed by atoms with Crippen molar-refractivity contribution in [2.45, 2.75) is 25.1 Å². The third-order valence-corrected chi connectivity index (χ3v) is 3.03. The van der Waals surface area contributed by atoms with Crippen LogP contribution in [-0.4, -0.2) is 54.0 Å². The molecule has 0 aliphatic carbocycles. The number of nitrogens with zero attached hydrogens (tertiary/aromatic N) is 1. The summed E-state index contributed by atoms with van der Waals surface area (Å²) >= 11 is 0. The van der Waals surface area contributed by atoms with Crippen molar-refractivity contribution in [1.29, 1.82) is 0 Å². The Hall–Kier alpha value is -1.34. The number of hydrogen-bond acceptors (Lipinski definition) is 6. The quantitative estimate of drug-likeness (QED) is 0.395. The van der Waals surface area contributed by atoms with E-state index in [1.165, 1.54) is 0 Å². The first-order valence-corrected chi connectivity index (χ1v) is 5.84. The van der Waals surface area contributed by atoms with Crippen LogP contribution < -0.4 is 16.0 Å². The Morgan fingerprint density at radius 2 is 2.35 bits per heavy atom. The summed E-state index contributed by atoms with van der Waals surface area (Å²) in [6, 6.07) is 0. The molecule has 0 amide bonds. The van der Waals surface area contributed by atoms with Gasteiger partial charge < -0.3 is 20.8 Å². The number of aliphatic hydroxyl groups excluding tert-OH is 1. The highest BCUT2D eigenvalue weighted by Gasteiger charge is 2.27. The van der Waals surface area contributed by atoms with Crippen LogP contribution in [-0.2, 0) is 4.79 Å². The lowest BCUT2D eigenvalue weighted by molar-refractivity contribution is -0.143. The van der Waals surface area contributed by atoms with Gasteiger partial charge in [-0.15, -0.1) is 0 Å². The number of nitrogens with one attached hydrogen (secondary N) is 3. The molecular weight excluding hydrogens is 224 g/mol. The minimum absolute atomic E-state index is 0.0775. The average molecular weight is 242 g/mol. The summed E-state index contributed by atoms with van der Waals surface area (Å²) in [6.45, 7) is 1.54. The number of hydrogen-bond donors (Lipinski definition) is 5. The van der Waals surface area contributed by atoms with Crippen molar-refractivity contribution in [2.75, 3.05) is 19.6 Å². The van der Waals surface area contributed by atoms with E-state index in [1.54, 1.807) is 0 Å². The zero-order chi connectivity index (χ0) is 12.3. The molecule has 5 N–H and O–H groups in total. The van der Waals surface area contributed by atoms with Crippen LogP contribution in [0.25, 0.3) is 0 Å². The maximum atomic E-state index is 10.9. The molecule has 17 heavy (non-hydrogen) atoms. The summed E-state index contributed by atoms with van der Waals surface area (Å²) in [7, 11) is 0. The van der Waals surface area contributed by atoms with Crippen LogP contribution in [0.5, 0.6) is 0 Å². The van der Waals surface area contributed by atoms with Gasteiger partial charge in [-0.2, -0.15) is 0 Å². The predicted octanol–water partition coefficient (Wildman–Crippen LogP) is -1.69. The lowest BCUT2D eigenvalue weighted by atomic mass is 9.96. The number of guanidine groups is 1. The SMILES string of the molecule is O=C(O)C1CCNC(NC2=NCC(O)CN2)C1. The lowest BCUT2D eigenvalue weighted by Crippen LogP contribution is -2.56. The molecule has 0 aromatic carbocycles. The molecule has 2 aliphatic heterocycles. The Morgan fingerprint density at radius 1 is 1.53 bits per heavy atom. The normalized spacial score (nSPS) is 33.5. The molecule has 0 spiro atoms. The summed E-state index contributed by atoms with van der Waals surface area (Å²) in [5, 5.41) is 27.5. The Kier molecular flexibility index (Phi) is 3.80. The van der Waals surface area contributed by atoms with E-state index in [0.29, 0.717) is 38.4 Å². The van der Waals surface area contributed by atoms with Gasteiger partial charge in [-0.1, -0.05) is 0 Å². The average Bonchev–Trinajstić information content (AvgIpc) is 2.32. The fourth-order valence-electron chi connectivity index (χ4n) is 2.05. The molecule has 0 aromatic heterocycles. The van der Waals surface area contributed by atoms with Crippen molar-refractivity contribution < 1.29 is 15.0 Å². The van der Waals surface area contributed by atoms with E-state index in [9.17, 15) is 9.90 Å². The first-order valence-electron chi connectivity index (χ1n) is 5.84. The maximum Gasteiger partial charge on any atom is 0.306 e. The Labute approximate surface area is 99.3 Å². The van der Waals surface area contributed by atoms with Gasteiger partial charge in [-0.05, 0) is 19.4 Å². The molecule has 3 unspecified atom stereocenters. The second-order valence-electron chi connectivity index (χ2n) is 4.43. The molecule has 0 saturated carbocycles. The third-order valence-electron chi connectivity index (χ3n) is 3.03. The zero-order valence-electron chi connectivity index (χ0n) is 9.52. The van der Waals surface area contributed by atoms with Gasteiger partial charge in [-0.25, -0.2) is 0 Å². The number of aliphatic hydroxyl groups is 1. The number of rotatable bonds is 2. The fraction of sp³-hybridized carbons (Fsp3) is 0.800. The van der Waals surface area contributed by atoms with Crippen LogP contribution in [0.15, 0.2) is 4.99 Å². The van der Waals surface area contributed by atoms with Gasteiger partial charge in [0.25, 0.3) is 0 Å². The lowest BCUT2D eigenvalue weighted by Gasteiger charge is -2.31. The summed E-state index contributed by atoms with van der Waals surface area (Å²) in [6.07, 6.45) is 0.683. The van der Waals surface area contributed by atoms with Crippen molar-refractivity contribution >= 4 is 11.9 Å². The monoisotopic (exact) mass is 242 g/mol. The first-order chi connectivity index (χ1) is 8.15. The van der Waals surface area contributed by atoms with Crippen LogP contribution >= 0.6 is 0 Å². The van der Waals surface area contributed by atoms with E-state index in [-0.39, 0.29) is 12.1 Å². The van der Waals surface area contributed by atoms with Crippen LogP contribution in [0.1, 0.15) is 12.8 Å². The molecule has 3 atom stereocenters. The highest BCUT2D eigenvalue weighted by atomic mass is 16.4. The molecule has 2 rings (SSSR count). The van der Waals surface area contributed by atoms with E-state index in [0.717, 1.165) is 0 Å². The van der Waals surface area contributed by atoms with Crippen molar-refractivity contribution in [2.24, 2.45) is 10.9 Å². The molecule has 7 heteroatoms. The molecule has 1 fully saturated rings. The highest BCUT2D eigenvalue weighted by Crippen LogP contribution is 2.14. The van der Waals surface area contributed by atoms with Gasteiger partial charge in [-0.3, -0.25) is 15.1 Å². The fourth-order valence-corrected chi connectivity index (χ4v) is 2.05. The molecule has 0 bridgehead atoms. The van der Waals surface area contributed by atoms with Gasteiger partial charge in [0.05, 0.1) is 24.7 Å². The standard InChI is InChI=1S/C10H18N4O3/c15-7-4-12-10(13-5-7)14-8-3-6(9(16)17)1-2-11-8/h6-8,11,15H,1-5H2,(H,16,17)(H2,12,13,14). The Morgan fingerprint density at radius 3 is 3.00 bits per heavy atom. The van der Waals surface area contributed by atoms with Crippen LogP contribution in [0, 0.1) is 5.92 Å². The number of carboxylic acid groups (broad SMARTS) is 1. The van der Waals surface area contributed by atoms with E-state index < -0.39 is 12.1 Å². The molecule has 2 aliphatic rings. The number of piperidine rings is 1. The van der Waals surface area contributed by atoms with Gasteiger partial charge in [0.2, 0.25) is 0 Å². The number of carboxylic acids is 1. The molecule has 96 valence electrons. The Bertz CT molecular complexity index is 321. The van der Waals surface area contributed by atoms with Crippen molar-refractivity contribution in [3.63, 3.8) is 0 Å². The first kappa shape index (κ1) is 12.1. The molecule has 0 aromatic rings. The largest absolute Gasteiger partial charge is 0.481 e. The molecular formula is C10H18N4O3. The molecule has 0 radical (unpaired) electrons. The van der Waals surface area contributed by atoms with E-state index in [1.807, 2.05) is 0 Å². The van der Waals surface area contributed by atoms with Crippen LogP contribution in [0.4, 0.5) is 0 Å². The number of β-amino-alcohol motifs (C(OH)–C–C–N with tert-alkyl or cyclic N) is 1. The van der Waals surface area contributed by atoms with Gasteiger partial charge in [0.1, 0.15) is 0 Å². The van der Waals surface area contributed by atoms with E-state index >= 15 is 0 Å². The molecule has 2 heterocycles. The second-order valence-corrected chi connectivity index (χ2v) is 4.43. The highest BCUT2D eigenvalue weighted by molar-refractivity contribution is 5.80. The molecule has 7 nitrogen and oxygen atoms in total. The van der Waals surface area contributed by atoms with Crippen LogP contribution in [0.3, 0.4) is 0 Å². The Balaban J connectivity index is 1.84. The summed E-state index contributed by atoms with van der Waals surface area (Å²) < 4.78 is 0. The van der Waals surface area contributed by atoms with Crippen molar-refractivity contribution in [3.8, 4) is 0 Å². The topological polar surface area (TPSA) is 106 Å². The smallest absolute Gasteiger partial charge is 0.306 e. The number of aliphatic imine (C=N–C) groups is 1. The van der Waals surface area contributed by atoms with E-state index in [4.69, 9.17) is 5.11 Å².